The van der Waals surface area contributed by atoms with Crippen LogP contribution in [0.2, 0.25) is 0 Å². The highest BCUT2D eigenvalue weighted by Gasteiger charge is 2.03. The number of nitrogens with zero attached hydrogens (tertiary/aromatic N) is 1. The van der Waals surface area contributed by atoms with Crippen molar-refractivity contribution in [1.82, 2.24) is 0 Å². The molecule has 1 aromatic rings. The van der Waals surface area contributed by atoms with Gasteiger partial charge in [-0.25, -0.2) is 0 Å². The monoisotopic (exact) mass is 206 g/mol. The molecular weight excluding hydrogens is 192 g/mol. The molecule has 15 heavy (non-hydrogen) atoms. The lowest BCUT2D eigenvalue weighted by Gasteiger charge is -2.08. The molecule has 0 saturated heterocycles. The molecule has 1 aromatic carbocycles. The summed E-state index contributed by atoms with van der Waals surface area (Å²) >= 11 is 0. The van der Waals surface area contributed by atoms with Gasteiger partial charge < -0.3 is 10.5 Å². The summed E-state index contributed by atoms with van der Waals surface area (Å²) in [6.45, 7) is 4.02. The van der Waals surface area contributed by atoms with Crippen LogP contribution in [0.15, 0.2) is 23.4 Å². The smallest absolute Gasteiger partial charge is 0.270 e. The molecule has 0 unspecified atom stereocenters. The highest BCUT2D eigenvalue weighted by molar-refractivity contribution is 6.31. The van der Waals surface area contributed by atoms with E-state index in [0.29, 0.717) is 0 Å². The van der Waals surface area contributed by atoms with Gasteiger partial charge in [0, 0.05) is 5.69 Å². The van der Waals surface area contributed by atoms with Gasteiger partial charge in [-0.05, 0) is 25.0 Å². The van der Waals surface area contributed by atoms with Gasteiger partial charge in [0.1, 0.15) is 6.21 Å². The Kier molecular flexibility index (Phi) is 3.85. The summed E-state index contributed by atoms with van der Waals surface area (Å²) in [6.07, 6.45) is 1.67. The summed E-state index contributed by atoms with van der Waals surface area (Å²) in [5, 5.41) is 13.5. The average Bonchev–Trinajstić information content (AvgIpc) is 2.21. The highest BCUT2D eigenvalue weighted by Crippen LogP contribution is 2.17. The van der Waals surface area contributed by atoms with E-state index < -0.39 is 5.91 Å². The predicted octanol–water partition coefficient (Wildman–Crippen LogP) is 1.96. The van der Waals surface area contributed by atoms with Crippen LogP contribution >= 0.6 is 0 Å². The molecule has 0 saturated carbocycles. The largest absolute Gasteiger partial charge is 0.411 e. The van der Waals surface area contributed by atoms with Crippen molar-refractivity contribution >= 4 is 17.8 Å². The van der Waals surface area contributed by atoms with Crippen molar-refractivity contribution in [3.05, 3.63) is 29.3 Å². The Morgan fingerprint density at radius 3 is 2.93 bits per heavy atom. The summed E-state index contributed by atoms with van der Waals surface area (Å²) < 4.78 is 0. The Morgan fingerprint density at radius 1 is 1.60 bits per heavy atom. The van der Waals surface area contributed by atoms with Crippen LogP contribution < -0.4 is 5.32 Å². The van der Waals surface area contributed by atoms with Crippen LogP contribution in [-0.4, -0.2) is 17.3 Å². The Hall–Kier alpha value is -1.84. The van der Waals surface area contributed by atoms with Crippen LogP contribution in [0, 0.1) is 6.92 Å². The Morgan fingerprint density at radius 2 is 2.33 bits per heavy atom. The zero-order chi connectivity index (χ0) is 11.3. The molecule has 1 rings (SSSR count). The van der Waals surface area contributed by atoms with Crippen molar-refractivity contribution in [2.45, 2.75) is 20.3 Å². The lowest BCUT2D eigenvalue weighted by atomic mass is 10.1. The van der Waals surface area contributed by atoms with Crippen LogP contribution in [0.1, 0.15) is 18.1 Å². The maximum Gasteiger partial charge on any atom is 0.270 e. The van der Waals surface area contributed by atoms with Crippen molar-refractivity contribution in [3.8, 4) is 0 Å². The molecule has 0 aromatic heterocycles. The standard InChI is InChI=1S/C11H14N2O2/c1-3-9-6-8(2)4-5-10(9)13-11(14)7-12-15/h4-7,15H,3H2,1-2H3,(H,13,14). The zero-order valence-electron chi connectivity index (χ0n) is 8.82. The first-order valence-corrected chi connectivity index (χ1v) is 4.75. The van der Waals surface area contributed by atoms with Gasteiger partial charge in [0.05, 0.1) is 0 Å². The molecule has 0 bridgehead atoms. The molecule has 0 heterocycles. The molecule has 0 aliphatic heterocycles. The number of aryl methyl sites for hydroxylation is 2. The molecular formula is C11H14N2O2. The number of benzene rings is 1. The number of oxime groups is 1. The van der Waals surface area contributed by atoms with Crippen LogP contribution in [-0.2, 0) is 11.2 Å². The number of hydrogen-bond donors (Lipinski definition) is 2. The fraction of sp³-hybridized carbons (Fsp3) is 0.273. The second-order valence-corrected chi connectivity index (χ2v) is 3.25. The fourth-order valence-corrected chi connectivity index (χ4v) is 1.35. The van der Waals surface area contributed by atoms with Gasteiger partial charge in [0.15, 0.2) is 0 Å². The zero-order valence-corrected chi connectivity index (χ0v) is 8.82. The molecule has 4 nitrogen and oxygen atoms in total. The summed E-state index contributed by atoms with van der Waals surface area (Å²) in [4.78, 5) is 11.1. The van der Waals surface area contributed by atoms with E-state index in [0.717, 1.165) is 29.4 Å². The maximum absolute atomic E-state index is 11.1. The second-order valence-electron chi connectivity index (χ2n) is 3.25. The molecule has 2 N–H and O–H groups in total. The van der Waals surface area contributed by atoms with E-state index in [1.165, 1.54) is 0 Å². The van der Waals surface area contributed by atoms with Gasteiger partial charge in [-0.1, -0.05) is 29.8 Å². The summed E-state index contributed by atoms with van der Waals surface area (Å²) in [5.74, 6) is -0.434. The summed E-state index contributed by atoms with van der Waals surface area (Å²) in [7, 11) is 0. The van der Waals surface area contributed by atoms with E-state index >= 15 is 0 Å². The third kappa shape index (κ3) is 3.09. The van der Waals surface area contributed by atoms with Gasteiger partial charge in [-0.2, -0.15) is 0 Å². The van der Waals surface area contributed by atoms with E-state index in [-0.39, 0.29) is 0 Å². The van der Waals surface area contributed by atoms with Crippen molar-refractivity contribution in [1.29, 1.82) is 0 Å². The lowest BCUT2D eigenvalue weighted by molar-refractivity contribution is -0.110. The van der Waals surface area contributed by atoms with Crippen molar-refractivity contribution in [2.24, 2.45) is 5.16 Å². The van der Waals surface area contributed by atoms with Gasteiger partial charge in [-0.3, -0.25) is 4.79 Å². The summed E-state index contributed by atoms with van der Waals surface area (Å²) in [6, 6.07) is 5.79. The van der Waals surface area contributed by atoms with E-state index in [4.69, 9.17) is 5.21 Å². The highest BCUT2D eigenvalue weighted by atomic mass is 16.4. The Balaban J connectivity index is 2.89. The van der Waals surface area contributed by atoms with E-state index in [1.54, 1.807) is 0 Å². The number of hydrogen-bond acceptors (Lipinski definition) is 3. The molecule has 0 spiro atoms. The van der Waals surface area contributed by atoms with Crippen molar-refractivity contribution in [3.63, 3.8) is 0 Å². The van der Waals surface area contributed by atoms with Gasteiger partial charge in [0.25, 0.3) is 5.91 Å². The second kappa shape index (κ2) is 5.14. The third-order valence-electron chi connectivity index (χ3n) is 2.07. The lowest BCUT2D eigenvalue weighted by Crippen LogP contribution is -2.13. The predicted molar refractivity (Wildman–Crippen MR) is 59.5 cm³/mol. The van der Waals surface area contributed by atoms with Gasteiger partial charge >= 0.3 is 0 Å². The molecule has 0 atom stereocenters. The number of rotatable bonds is 3. The van der Waals surface area contributed by atoms with Gasteiger partial charge in [0.2, 0.25) is 0 Å². The minimum absolute atomic E-state index is 0.434. The fourth-order valence-electron chi connectivity index (χ4n) is 1.35. The number of amides is 1. The maximum atomic E-state index is 11.1. The minimum atomic E-state index is -0.434. The van der Waals surface area contributed by atoms with Crippen LogP contribution in [0.4, 0.5) is 5.69 Å². The third-order valence-corrected chi connectivity index (χ3v) is 2.07. The molecule has 4 heteroatoms. The SMILES string of the molecule is CCc1cc(C)ccc1NC(=O)C=NO. The average molecular weight is 206 g/mol. The Bertz CT molecular complexity index is 386. The quantitative estimate of drug-likeness (QED) is 0.451. The number of nitrogens with one attached hydrogen (secondary N) is 1. The van der Waals surface area contributed by atoms with Gasteiger partial charge in [-0.15, -0.1) is 0 Å². The molecule has 1 amide bonds. The van der Waals surface area contributed by atoms with E-state index in [2.05, 4.69) is 10.5 Å². The molecule has 0 aliphatic carbocycles. The molecule has 80 valence electrons. The van der Waals surface area contributed by atoms with E-state index in [1.807, 2.05) is 32.0 Å². The van der Waals surface area contributed by atoms with Crippen LogP contribution in [0.5, 0.6) is 0 Å². The van der Waals surface area contributed by atoms with Crippen LogP contribution in [0.25, 0.3) is 0 Å². The minimum Gasteiger partial charge on any atom is -0.411 e. The Labute approximate surface area is 88.6 Å². The van der Waals surface area contributed by atoms with Crippen molar-refractivity contribution < 1.29 is 10.0 Å². The first-order chi connectivity index (χ1) is 7.17. The first kappa shape index (κ1) is 11.2. The molecule has 0 radical (unpaired) electrons. The molecule has 0 aliphatic rings. The topological polar surface area (TPSA) is 61.7 Å². The molecule has 0 fully saturated rings. The number of carbonyl (C=O) groups excluding carboxylic acids is 1. The first-order valence-electron chi connectivity index (χ1n) is 4.75. The van der Waals surface area contributed by atoms with E-state index in [9.17, 15) is 4.79 Å². The summed E-state index contributed by atoms with van der Waals surface area (Å²) in [5.41, 5.74) is 2.98. The van der Waals surface area contributed by atoms with Crippen molar-refractivity contribution in [2.75, 3.05) is 5.32 Å². The number of carbonyl (C=O) groups is 1. The normalized spacial score (nSPS) is 10.5. The van der Waals surface area contributed by atoms with Crippen LogP contribution in [0.3, 0.4) is 0 Å². The number of anilines is 1.